The Bertz CT molecular complexity index is 1390. The van der Waals surface area contributed by atoms with E-state index in [-0.39, 0.29) is 24.3 Å². The van der Waals surface area contributed by atoms with E-state index in [0.29, 0.717) is 28.9 Å². The average Bonchev–Trinajstić information content (AvgIpc) is 2.85. The molecule has 238 valence electrons. The van der Waals surface area contributed by atoms with Gasteiger partial charge in [0.05, 0.1) is 36.3 Å². The number of nitrogens with zero attached hydrogens (tertiary/aromatic N) is 2. The molecule has 0 aliphatic carbocycles. The first kappa shape index (κ1) is 34.6. The van der Waals surface area contributed by atoms with Crippen LogP contribution in [0.15, 0.2) is 30.3 Å². The molecule has 0 saturated carbocycles. The van der Waals surface area contributed by atoms with E-state index in [1.165, 1.54) is 12.1 Å². The van der Waals surface area contributed by atoms with Crippen LogP contribution in [0, 0.1) is 5.82 Å². The smallest absolute Gasteiger partial charge is 0.333 e. The van der Waals surface area contributed by atoms with Gasteiger partial charge in [0.25, 0.3) is 0 Å². The lowest BCUT2D eigenvalue weighted by Crippen LogP contribution is -2.45. The molecule has 0 bridgehead atoms. The van der Waals surface area contributed by atoms with E-state index < -0.39 is 39.5 Å². The minimum atomic E-state index is -3.90. The molecule has 0 spiro atoms. The maximum atomic E-state index is 13.9. The Kier molecular flexibility index (Phi) is 11.5. The van der Waals surface area contributed by atoms with Crippen molar-refractivity contribution in [1.29, 1.82) is 0 Å². The number of ether oxygens (including phenoxy) is 3. The third kappa shape index (κ3) is 11.3. The van der Waals surface area contributed by atoms with Crippen molar-refractivity contribution in [3.05, 3.63) is 47.4 Å². The predicted octanol–water partition coefficient (Wildman–Crippen LogP) is 6.96. The van der Waals surface area contributed by atoms with E-state index in [1.54, 1.807) is 26.0 Å². The number of esters is 1. The first-order valence-electron chi connectivity index (χ1n) is 14.8. The second-order valence-corrected chi connectivity index (χ2v) is 14.1. The van der Waals surface area contributed by atoms with Crippen LogP contribution < -0.4 is 4.18 Å². The number of unbranched alkanes of at least 4 members (excludes halogenated alkanes) is 2. The number of halogens is 1. The van der Waals surface area contributed by atoms with Crippen molar-refractivity contribution in [1.82, 2.24) is 9.97 Å². The number of carbonyl (C=O) groups excluding carboxylic acids is 1. The maximum absolute atomic E-state index is 13.9. The maximum Gasteiger partial charge on any atom is 0.333 e. The molecule has 0 N–H and O–H groups in total. The summed E-state index contributed by atoms with van der Waals surface area (Å²) in [7, 11) is -3.90. The van der Waals surface area contributed by atoms with Gasteiger partial charge in [-0.25, -0.2) is 4.39 Å². The molecule has 43 heavy (non-hydrogen) atoms. The zero-order valence-electron chi connectivity index (χ0n) is 26.5. The second kappa shape index (κ2) is 14.3. The average molecular weight is 621 g/mol. The van der Waals surface area contributed by atoms with E-state index in [1.807, 2.05) is 39.8 Å². The highest BCUT2D eigenvalue weighted by atomic mass is 32.2. The van der Waals surface area contributed by atoms with Crippen LogP contribution >= 0.6 is 0 Å². The van der Waals surface area contributed by atoms with Crippen molar-refractivity contribution in [2.75, 3.05) is 6.26 Å². The molecule has 1 saturated heterocycles. The number of hydrogen-bond acceptors (Lipinski definition) is 9. The summed E-state index contributed by atoms with van der Waals surface area (Å²) >= 11 is 0. The zero-order valence-corrected chi connectivity index (χ0v) is 27.3. The Morgan fingerprint density at radius 3 is 2.44 bits per heavy atom. The largest absolute Gasteiger partial charge is 0.460 e. The fourth-order valence-corrected chi connectivity index (χ4v) is 5.35. The highest BCUT2D eigenvalue weighted by molar-refractivity contribution is 7.86. The number of rotatable bonds is 12. The minimum Gasteiger partial charge on any atom is -0.460 e. The van der Waals surface area contributed by atoms with Gasteiger partial charge in [0.2, 0.25) is 0 Å². The number of hydrogen-bond donors (Lipinski definition) is 0. The summed E-state index contributed by atoms with van der Waals surface area (Å²) in [6, 6.07) is 5.50. The lowest BCUT2D eigenvalue weighted by molar-refractivity contribution is -0.290. The molecule has 0 amide bonds. The number of benzene rings is 1. The molecule has 2 heterocycles. The van der Waals surface area contributed by atoms with Gasteiger partial charge in [-0.3, -0.25) is 4.79 Å². The van der Waals surface area contributed by atoms with E-state index in [9.17, 15) is 17.6 Å². The van der Waals surface area contributed by atoms with Crippen LogP contribution in [0.4, 0.5) is 4.39 Å². The van der Waals surface area contributed by atoms with Gasteiger partial charge in [0.1, 0.15) is 11.4 Å². The SMILES string of the molecule is CCCCCC(C)c1nc(OS(C)(=O)=O)nc(-c2ccc(F)cc2)c1/C=C/[C@@H]1CC(CC(=O)OC(C)(C)C)OC(C)(C)O1. The quantitative estimate of drug-likeness (QED) is 0.141. The van der Waals surface area contributed by atoms with Crippen LogP contribution in [0.1, 0.15) is 104 Å². The van der Waals surface area contributed by atoms with E-state index >= 15 is 0 Å². The molecule has 1 aliphatic heterocycles. The summed E-state index contributed by atoms with van der Waals surface area (Å²) < 4.78 is 60.7. The molecule has 1 aromatic carbocycles. The topological polar surface area (TPSA) is 114 Å². The van der Waals surface area contributed by atoms with Crippen LogP contribution in [-0.2, 0) is 29.1 Å². The Hall–Kier alpha value is -2.89. The van der Waals surface area contributed by atoms with Crippen LogP contribution in [-0.4, -0.2) is 54.2 Å². The summed E-state index contributed by atoms with van der Waals surface area (Å²) in [5.74, 6) is -1.79. The fourth-order valence-electron chi connectivity index (χ4n) is 5.01. The van der Waals surface area contributed by atoms with Gasteiger partial charge in [-0.15, -0.1) is 0 Å². The van der Waals surface area contributed by atoms with E-state index in [2.05, 4.69) is 16.9 Å². The first-order chi connectivity index (χ1) is 19.9. The van der Waals surface area contributed by atoms with Crippen molar-refractivity contribution in [2.24, 2.45) is 0 Å². The third-order valence-electron chi connectivity index (χ3n) is 6.68. The van der Waals surface area contributed by atoms with Gasteiger partial charge in [0.15, 0.2) is 5.79 Å². The first-order valence-corrected chi connectivity index (χ1v) is 16.6. The molecule has 3 atom stereocenters. The van der Waals surface area contributed by atoms with Crippen molar-refractivity contribution >= 4 is 22.2 Å². The Labute approximate surface area is 255 Å². The summed E-state index contributed by atoms with van der Waals surface area (Å²) in [5.41, 5.74) is 1.62. The molecular weight excluding hydrogens is 575 g/mol. The number of carbonyl (C=O) groups is 1. The Morgan fingerprint density at radius 2 is 1.84 bits per heavy atom. The van der Waals surface area contributed by atoms with Crippen LogP contribution in [0.3, 0.4) is 0 Å². The Morgan fingerprint density at radius 1 is 1.16 bits per heavy atom. The monoisotopic (exact) mass is 620 g/mol. The van der Waals surface area contributed by atoms with E-state index in [0.717, 1.165) is 31.9 Å². The second-order valence-electron chi connectivity index (χ2n) is 12.5. The lowest BCUT2D eigenvalue weighted by atomic mass is 9.92. The standard InChI is InChI=1S/C32H45FN2O7S/c1-9-10-11-12-21(2)28-26(29(22-13-15-23(33)16-14-22)35-30(34-28)42-43(8,37)38)18-17-24-19-25(40-32(6,7)39-24)20-27(36)41-31(3,4)5/h13-18,21,24-25H,9-12,19-20H2,1-8H3/b18-17+/t21?,24-,25?/m1/s1. The van der Waals surface area contributed by atoms with Crippen molar-refractivity contribution in [3.63, 3.8) is 0 Å². The molecular formula is C32H45FN2O7S. The highest BCUT2D eigenvalue weighted by Crippen LogP contribution is 2.35. The molecule has 11 heteroatoms. The molecule has 0 radical (unpaired) electrons. The number of aromatic nitrogens is 2. The van der Waals surface area contributed by atoms with Crippen LogP contribution in [0.25, 0.3) is 17.3 Å². The van der Waals surface area contributed by atoms with Crippen LogP contribution in [0.5, 0.6) is 6.01 Å². The molecule has 9 nitrogen and oxygen atoms in total. The molecule has 2 aromatic rings. The van der Waals surface area contributed by atoms with Crippen molar-refractivity contribution < 1.29 is 36.0 Å². The summed E-state index contributed by atoms with van der Waals surface area (Å²) in [5, 5.41) is 0. The molecule has 1 fully saturated rings. The zero-order chi connectivity index (χ0) is 32.0. The highest BCUT2D eigenvalue weighted by Gasteiger charge is 2.36. The van der Waals surface area contributed by atoms with Gasteiger partial charge in [-0.2, -0.15) is 18.4 Å². The fraction of sp³-hybridized carbons (Fsp3) is 0.594. The predicted molar refractivity (Wildman–Crippen MR) is 163 cm³/mol. The Balaban J connectivity index is 2.06. The van der Waals surface area contributed by atoms with Gasteiger partial charge in [0, 0.05) is 17.5 Å². The van der Waals surface area contributed by atoms with Gasteiger partial charge in [-0.05, 0) is 71.2 Å². The molecule has 1 aliphatic rings. The lowest BCUT2D eigenvalue weighted by Gasteiger charge is -2.39. The van der Waals surface area contributed by atoms with Gasteiger partial charge >= 0.3 is 22.1 Å². The normalized spacial score (nSPS) is 19.7. The molecule has 3 rings (SSSR count). The van der Waals surface area contributed by atoms with Gasteiger partial charge < -0.3 is 18.4 Å². The van der Waals surface area contributed by atoms with E-state index in [4.69, 9.17) is 18.4 Å². The van der Waals surface area contributed by atoms with Crippen LogP contribution in [0.2, 0.25) is 0 Å². The van der Waals surface area contributed by atoms with Crippen molar-refractivity contribution in [2.45, 2.75) is 117 Å². The molecule has 1 aromatic heterocycles. The summed E-state index contributed by atoms with van der Waals surface area (Å²) in [6.07, 6.45) is 8.15. The summed E-state index contributed by atoms with van der Waals surface area (Å²) in [4.78, 5) is 21.6. The van der Waals surface area contributed by atoms with Crippen molar-refractivity contribution in [3.8, 4) is 17.3 Å². The minimum absolute atomic E-state index is 0.0673. The third-order valence-corrected chi connectivity index (χ3v) is 7.13. The van der Waals surface area contributed by atoms with Gasteiger partial charge in [-0.1, -0.05) is 45.3 Å². The molecule has 2 unspecified atom stereocenters. The summed E-state index contributed by atoms with van der Waals surface area (Å²) in [6.45, 7) is 13.2.